The van der Waals surface area contributed by atoms with Gasteiger partial charge in [0.25, 0.3) is 0 Å². The smallest absolute Gasteiger partial charge is 0.317 e. The van der Waals surface area contributed by atoms with Crippen LogP contribution in [0.25, 0.3) is 0 Å². The lowest BCUT2D eigenvalue weighted by Gasteiger charge is -2.34. The predicted octanol–water partition coefficient (Wildman–Crippen LogP) is 2.73. The van der Waals surface area contributed by atoms with Crippen LogP contribution in [0.5, 0.6) is 11.5 Å². The molecule has 0 spiro atoms. The average molecular weight is 385 g/mol. The van der Waals surface area contributed by atoms with E-state index in [4.69, 9.17) is 13.9 Å². The maximum Gasteiger partial charge on any atom is 0.317 e. The van der Waals surface area contributed by atoms with Gasteiger partial charge < -0.3 is 24.1 Å². The van der Waals surface area contributed by atoms with Gasteiger partial charge in [-0.05, 0) is 37.1 Å². The summed E-state index contributed by atoms with van der Waals surface area (Å²) in [5.41, 5.74) is 0. The molecule has 3 heterocycles. The first kappa shape index (κ1) is 18.7. The highest BCUT2D eigenvalue weighted by atomic mass is 16.6. The van der Waals surface area contributed by atoms with Crippen molar-refractivity contribution >= 4 is 6.03 Å². The first-order chi connectivity index (χ1) is 13.7. The van der Waals surface area contributed by atoms with Crippen LogP contribution in [0.3, 0.4) is 0 Å². The molecule has 1 fully saturated rings. The Labute approximate surface area is 165 Å². The molecule has 0 bridgehead atoms. The first-order valence-corrected chi connectivity index (χ1v) is 9.82. The molecule has 0 unspecified atom stereocenters. The molecular weight excluding hydrogens is 358 g/mol. The Bertz CT molecular complexity index is 772. The van der Waals surface area contributed by atoms with E-state index in [0.717, 1.165) is 49.7 Å². The Hall–Kier alpha value is -2.67. The summed E-state index contributed by atoms with van der Waals surface area (Å²) in [6, 6.07) is 11.7. The van der Waals surface area contributed by atoms with E-state index in [0.29, 0.717) is 13.2 Å². The normalized spacial score (nSPS) is 20.0. The third kappa shape index (κ3) is 4.59. The van der Waals surface area contributed by atoms with Crippen molar-refractivity contribution in [2.45, 2.75) is 31.5 Å². The van der Waals surface area contributed by atoms with Crippen molar-refractivity contribution in [2.24, 2.45) is 0 Å². The van der Waals surface area contributed by atoms with Crippen LogP contribution < -0.4 is 14.8 Å². The van der Waals surface area contributed by atoms with Gasteiger partial charge in [0.2, 0.25) is 0 Å². The number of piperidine rings is 1. The van der Waals surface area contributed by atoms with Crippen LogP contribution in [-0.2, 0) is 6.54 Å². The summed E-state index contributed by atoms with van der Waals surface area (Å²) in [4.78, 5) is 16.6. The molecule has 1 atom stereocenters. The number of carbonyl (C=O) groups is 1. The minimum atomic E-state index is -0.166. The number of rotatable bonds is 5. The van der Waals surface area contributed by atoms with E-state index in [1.54, 1.807) is 18.2 Å². The van der Waals surface area contributed by atoms with Gasteiger partial charge in [-0.2, -0.15) is 0 Å². The fraction of sp³-hybridized carbons (Fsp3) is 0.476. The highest BCUT2D eigenvalue weighted by Crippen LogP contribution is 2.30. The van der Waals surface area contributed by atoms with Crippen LogP contribution in [0.1, 0.15) is 18.6 Å². The Morgan fingerprint density at radius 2 is 1.96 bits per heavy atom. The number of nitrogens with one attached hydrogen (secondary N) is 1. The molecule has 7 nitrogen and oxygen atoms in total. The van der Waals surface area contributed by atoms with Crippen molar-refractivity contribution in [2.75, 3.05) is 33.3 Å². The lowest BCUT2D eigenvalue weighted by molar-refractivity contribution is 0.0706. The average Bonchev–Trinajstić information content (AvgIpc) is 3.22. The van der Waals surface area contributed by atoms with E-state index in [1.165, 1.54) is 0 Å². The number of hydrogen-bond donors (Lipinski definition) is 1. The van der Waals surface area contributed by atoms with E-state index in [1.807, 2.05) is 36.4 Å². The molecule has 1 aromatic heterocycles. The van der Waals surface area contributed by atoms with Crippen LogP contribution in [0.15, 0.2) is 47.1 Å². The zero-order valence-corrected chi connectivity index (χ0v) is 16.2. The van der Waals surface area contributed by atoms with Gasteiger partial charge >= 0.3 is 6.03 Å². The number of likely N-dealkylation sites (tertiary alicyclic amines) is 1. The Balaban J connectivity index is 1.20. The van der Waals surface area contributed by atoms with Crippen LogP contribution in [0.4, 0.5) is 4.79 Å². The molecule has 0 radical (unpaired) electrons. The molecule has 150 valence electrons. The number of ether oxygens (including phenoxy) is 2. The SMILES string of the molecule is CN(C[C@@H]1COc2ccccc2O1)C(=O)NC1CCN(Cc2ccco2)CC1. The fourth-order valence-electron chi connectivity index (χ4n) is 3.68. The molecule has 1 N–H and O–H groups in total. The maximum atomic E-state index is 12.6. The summed E-state index contributed by atoms with van der Waals surface area (Å²) >= 11 is 0. The number of para-hydroxylation sites is 2. The van der Waals surface area contributed by atoms with Gasteiger partial charge in [-0.15, -0.1) is 0 Å². The molecule has 1 aromatic carbocycles. The molecule has 2 amide bonds. The van der Waals surface area contributed by atoms with Crippen molar-refractivity contribution in [1.82, 2.24) is 15.1 Å². The summed E-state index contributed by atoms with van der Waals surface area (Å²) in [7, 11) is 1.80. The van der Waals surface area contributed by atoms with Gasteiger partial charge in [0, 0.05) is 26.2 Å². The summed E-state index contributed by atoms with van der Waals surface area (Å²) < 4.78 is 17.1. The highest BCUT2D eigenvalue weighted by molar-refractivity contribution is 5.74. The van der Waals surface area contributed by atoms with Gasteiger partial charge in [-0.25, -0.2) is 4.79 Å². The van der Waals surface area contributed by atoms with Crippen LogP contribution in [-0.4, -0.2) is 61.3 Å². The van der Waals surface area contributed by atoms with Crippen LogP contribution >= 0.6 is 0 Å². The third-order valence-electron chi connectivity index (χ3n) is 5.27. The van der Waals surface area contributed by atoms with Gasteiger partial charge in [0.15, 0.2) is 17.6 Å². The number of amides is 2. The van der Waals surface area contributed by atoms with E-state index in [2.05, 4.69) is 10.2 Å². The lowest BCUT2D eigenvalue weighted by Crippen LogP contribution is -2.50. The summed E-state index contributed by atoms with van der Waals surface area (Å²) in [5, 5.41) is 3.15. The molecule has 2 aliphatic rings. The molecule has 0 aliphatic carbocycles. The van der Waals surface area contributed by atoms with Crippen molar-refractivity contribution in [3.05, 3.63) is 48.4 Å². The number of furan rings is 1. The van der Waals surface area contributed by atoms with Gasteiger partial charge in [-0.3, -0.25) is 4.90 Å². The Morgan fingerprint density at radius 3 is 2.71 bits per heavy atom. The summed E-state index contributed by atoms with van der Waals surface area (Å²) in [6.45, 7) is 3.66. The lowest BCUT2D eigenvalue weighted by atomic mass is 10.1. The minimum Gasteiger partial charge on any atom is -0.486 e. The van der Waals surface area contributed by atoms with Crippen molar-refractivity contribution in [3.63, 3.8) is 0 Å². The second-order valence-electron chi connectivity index (χ2n) is 7.46. The number of benzene rings is 1. The molecular formula is C21H27N3O4. The number of hydrogen-bond acceptors (Lipinski definition) is 5. The van der Waals surface area contributed by atoms with Crippen LogP contribution in [0.2, 0.25) is 0 Å². The quantitative estimate of drug-likeness (QED) is 0.857. The van der Waals surface area contributed by atoms with Gasteiger partial charge in [0.1, 0.15) is 12.4 Å². The molecule has 0 saturated carbocycles. The van der Waals surface area contributed by atoms with Crippen molar-refractivity contribution in [1.29, 1.82) is 0 Å². The molecule has 28 heavy (non-hydrogen) atoms. The van der Waals surface area contributed by atoms with E-state index >= 15 is 0 Å². The number of carbonyl (C=O) groups excluding carboxylic acids is 1. The second kappa shape index (κ2) is 8.56. The predicted molar refractivity (Wildman–Crippen MR) is 105 cm³/mol. The second-order valence-corrected chi connectivity index (χ2v) is 7.46. The fourth-order valence-corrected chi connectivity index (χ4v) is 3.68. The first-order valence-electron chi connectivity index (χ1n) is 9.82. The number of likely N-dealkylation sites (N-methyl/N-ethyl adjacent to an activating group) is 1. The molecule has 1 saturated heterocycles. The number of urea groups is 1. The highest BCUT2D eigenvalue weighted by Gasteiger charge is 2.26. The topological polar surface area (TPSA) is 67.2 Å². The molecule has 2 aliphatic heterocycles. The molecule has 7 heteroatoms. The summed E-state index contributed by atoms with van der Waals surface area (Å²) in [5.74, 6) is 2.47. The van der Waals surface area contributed by atoms with Crippen molar-refractivity contribution in [3.8, 4) is 11.5 Å². The van der Waals surface area contributed by atoms with E-state index in [9.17, 15) is 4.79 Å². The minimum absolute atomic E-state index is 0.0630. The van der Waals surface area contributed by atoms with E-state index in [-0.39, 0.29) is 18.2 Å². The zero-order chi connectivity index (χ0) is 19.3. The monoisotopic (exact) mass is 385 g/mol. The summed E-state index contributed by atoms with van der Waals surface area (Å²) in [6.07, 6.45) is 3.42. The van der Waals surface area contributed by atoms with E-state index < -0.39 is 0 Å². The van der Waals surface area contributed by atoms with Gasteiger partial charge in [0.05, 0.1) is 19.4 Å². The van der Waals surface area contributed by atoms with Crippen molar-refractivity contribution < 1.29 is 18.7 Å². The standard InChI is InChI=1S/C21H27N3O4/c1-23(13-18-15-27-19-6-2-3-7-20(19)28-18)21(25)22-16-8-10-24(11-9-16)14-17-5-4-12-26-17/h2-7,12,16,18H,8-11,13-15H2,1H3,(H,22,25)/t18-/m1/s1. The van der Waals surface area contributed by atoms with Crippen LogP contribution in [0, 0.1) is 0 Å². The third-order valence-corrected chi connectivity index (χ3v) is 5.27. The number of fused-ring (bicyclic) bond motifs is 1. The number of nitrogens with zero attached hydrogens (tertiary/aromatic N) is 2. The largest absolute Gasteiger partial charge is 0.486 e. The zero-order valence-electron chi connectivity index (χ0n) is 16.2. The maximum absolute atomic E-state index is 12.6. The Morgan fingerprint density at radius 1 is 1.18 bits per heavy atom. The van der Waals surface area contributed by atoms with Gasteiger partial charge in [-0.1, -0.05) is 12.1 Å². The molecule has 4 rings (SSSR count). The molecule has 2 aromatic rings. The Kier molecular flexibility index (Phi) is 5.71.